The van der Waals surface area contributed by atoms with Gasteiger partial charge >= 0.3 is 6.09 Å². The third-order valence-electron chi connectivity index (χ3n) is 6.08. The van der Waals surface area contributed by atoms with E-state index < -0.39 is 23.1 Å². The maximum Gasteiger partial charge on any atom is 0.410 e. The first kappa shape index (κ1) is 26.9. The van der Waals surface area contributed by atoms with E-state index in [0.717, 1.165) is 22.6 Å². The van der Waals surface area contributed by atoms with E-state index in [1.54, 1.807) is 27.8 Å². The summed E-state index contributed by atoms with van der Waals surface area (Å²) in [7, 11) is 1.60. The summed E-state index contributed by atoms with van der Waals surface area (Å²) in [6, 6.07) is 7.60. The summed E-state index contributed by atoms with van der Waals surface area (Å²) in [4.78, 5) is 47.5. The molecule has 1 aliphatic carbocycles. The number of hydrogen-bond acceptors (Lipinski definition) is 7. The highest BCUT2D eigenvalue weighted by Gasteiger charge is 2.55. The molecule has 0 atom stereocenters. The average Bonchev–Trinajstić information content (AvgIpc) is 3.60. The van der Waals surface area contributed by atoms with E-state index in [1.807, 2.05) is 38.1 Å². The minimum absolute atomic E-state index is 0.0963. The topological polar surface area (TPSA) is 140 Å². The van der Waals surface area contributed by atoms with Crippen molar-refractivity contribution < 1.29 is 19.1 Å². The number of nitrogens with one attached hydrogen (secondary N) is 2. The van der Waals surface area contributed by atoms with Crippen molar-refractivity contribution in [2.75, 3.05) is 18.9 Å². The summed E-state index contributed by atoms with van der Waals surface area (Å²) >= 11 is 0. The van der Waals surface area contributed by atoms with Gasteiger partial charge in [-0.1, -0.05) is 19.1 Å². The van der Waals surface area contributed by atoms with Gasteiger partial charge < -0.3 is 21.1 Å². The van der Waals surface area contributed by atoms with Gasteiger partial charge in [0.2, 0.25) is 5.91 Å². The molecule has 36 heavy (non-hydrogen) atoms. The van der Waals surface area contributed by atoms with Gasteiger partial charge in [0, 0.05) is 19.3 Å². The van der Waals surface area contributed by atoms with E-state index >= 15 is 0 Å². The number of amides is 3. The maximum absolute atomic E-state index is 12.9. The number of carbonyl (C=O) groups excluding carboxylic acids is 3. The van der Waals surface area contributed by atoms with Crippen molar-refractivity contribution in [3.63, 3.8) is 0 Å². The minimum Gasteiger partial charge on any atom is -0.444 e. The normalized spacial score (nSPS) is 14.1. The van der Waals surface area contributed by atoms with E-state index in [2.05, 4.69) is 20.6 Å². The molecule has 1 aliphatic rings. The lowest BCUT2D eigenvalue weighted by molar-refractivity contribution is -0.127. The molecule has 0 aliphatic heterocycles. The smallest absolute Gasteiger partial charge is 0.410 e. The van der Waals surface area contributed by atoms with Gasteiger partial charge in [0.1, 0.15) is 11.1 Å². The van der Waals surface area contributed by atoms with Crippen LogP contribution in [-0.4, -0.2) is 57.5 Å². The molecule has 0 radical (unpaired) electrons. The predicted molar refractivity (Wildman–Crippen MR) is 137 cm³/mol. The highest BCUT2D eigenvalue weighted by Crippen LogP contribution is 2.41. The number of nitrogens with two attached hydrogens (primary N) is 1. The Labute approximate surface area is 212 Å². The van der Waals surface area contributed by atoms with Crippen molar-refractivity contribution >= 4 is 29.4 Å². The fourth-order valence-electron chi connectivity index (χ4n) is 3.91. The maximum atomic E-state index is 12.9. The molecule has 1 aromatic heterocycles. The zero-order valence-electron chi connectivity index (χ0n) is 21.9. The lowest BCUT2D eigenvalue weighted by atomic mass is 10.1. The summed E-state index contributed by atoms with van der Waals surface area (Å²) < 4.78 is 5.42. The number of primary amides is 1. The molecule has 10 heteroatoms. The second-order valence-corrected chi connectivity index (χ2v) is 10.1. The Morgan fingerprint density at radius 2 is 1.89 bits per heavy atom. The number of aromatic nitrogens is 2. The first-order valence-corrected chi connectivity index (χ1v) is 12.1. The fourth-order valence-corrected chi connectivity index (χ4v) is 3.91. The highest BCUT2D eigenvalue weighted by molar-refractivity contribution is 5.96. The summed E-state index contributed by atoms with van der Waals surface area (Å²) in [5.74, 6) is -0.523. The molecular weight excluding hydrogens is 460 g/mol. The van der Waals surface area contributed by atoms with Crippen molar-refractivity contribution in [3.05, 3.63) is 46.9 Å². The highest BCUT2D eigenvalue weighted by atomic mass is 16.6. The summed E-state index contributed by atoms with van der Waals surface area (Å²) in [5.41, 5.74) is 7.30. The van der Waals surface area contributed by atoms with Crippen molar-refractivity contribution in [3.8, 4) is 0 Å². The Morgan fingerprint density at radius 3 is 2.47 bits per heavy atom. The summed E-state index contributed by atoms with van der Waals surface area (Å²) in [6.07, 6.45) is 1.93. The largest absolute Gasteiger partial charge is 0.444 e. The van der Waals surface area contributed by atoms with Crippen LogP contribution in [0.5, 0.6) is 0 Å². The van der Waals surface area contributed by atoms with Crippen molar-refractivity contribution in [1.82, 2.24) is 20.2 Å². The summed E-state index contributed by atoms with van der Waals surface area (Å²) in [5, 5.41) is 6.10. The number of aryl methyl sites for hydroxylation is 2. The van der Waals surface area contributed by atoms with Crippen LogP contribution in [0.3, 0.4) is 0 Å². The molecule has 2 aromatic rings. The quantitative estimate of drug-likeness (QED) is 0.484. The Morgan fingerprint density at radius 1 is 1.19 bits per heavy atom. The number of anilines is 2. The van der Waals surface area contributed by atoms with Crippen molar-refractivity contribution in [2.24, 2.45) is 5.73 Å². The van der Waals surface area contributed by atoms with Gasteiger partial charge in [-0.2, -0.15) is 0 Å². The zero-order chi connectivity index (χ0) is 26.7. The first-order valence-electron chi connectivity index (χ1n) is 12.1. The second kappa shape index (κ2) is 10.5. The Hall–Kier alpha value is -3.69. The van der Waals surface area contributed by atoms with Gasteiger partial charge in [-0.05, 0) is 71.1 Å². The van der Waals surface area contributed by atoms with Crippen molar-refractivity contribution in [1.29, 1.82) is 0 Å². The van der Waals surface area contributed by atoms with Gasteiger partial charge in [0.15, 0.2) is 11.5 Å². The molecule has 1 heterocycles. The SMILES string of the molecule is CCc1nc(C(N)=O)c(Nc2cccc(CCNC(=O)C3(N(C)C(=O)OC(C)(C)C)CC3)c2)nc1C. The van der Waals surface area contributed by atoms with E-state index in [4.69, 9.17) is 10.5 Å². The lowest BCUT2D eigenvalue weighted by Gasteiger charge is -2.30. The standard InChI is InChI=1S/C26H36N6O4/c1-7-19-16(2)29-22(20(31-19)21(27)33)30-18-10-8-9-17(15-18)11-14-28-23(34)26(12-13-26)32(6)24(35)36-25(3,4)5/h8-10,15H,7,11-14H2,1-6H3,(H2,27,33)(H,28,34)(H,29,30). The summed E-state index contributed by atoms with van der Waals surface area (Å²) in [6.45, 7) is 9.58. The monoisotopic (exact) mass is 496 g/mol. The van der Waals surface area contributed by atoms with E-state index in [0.29, 0.717) is 38.0 Å². The molecule has 0 saturated heterocycles. The van der Waals surface area contributed by atoms with Crippen LogP contribution in [-0.2, 0) is 22.4 Å². The third-order valence-corrected chi connectivity index (χ3v) is 6.08. The fraction of sp³-hybridized carbons (Fsp3) is 0.500. The predicted octanol–water partition coefficient (Wildman–Crippen LogP) is 3.25. The van der Waals surface area contributed by atoms with Crippen LogP contribution >= 0.6 is 0 Å². The molecule has 0 unspecified atom stereocenters. The van der Waals surface area contributed by atoms with Gasteiger partial charge in [0.05, 0.1) is 11.4 Å². The lowest BCUT2D eigenvalue weighted by Crippen LogP contribution is -2.51. The molecule has 3 rings (SSSR count). The number of carbonyl (C=O) groups is 3. The number of nitrogens with zero attached hydrogens (tertiary/aromatic N) is 3. The van der Waals surface area contributed by atoms with Crippen LogP contribution < -0.4 is 16.4 Å². The molecule has 1 saturated carbocycles. The van der Waals surface area contributed by atoms with Crippen LogP contribution in [0, 0.1) is 6.92 Å². The van der Waals surface area contributed by atoms with E-state index in [9.17, 15) is 14.4 Å². The molecule has 194 valence electrons. The van der Waals surface area contributed by atoms with E-state index in [-0.39, 0.29) is 11.6 Å². The molecule has 1 aromatic carbocycles. The average molecular weight is 497 g/mol. The Kier molecular flexibility index (Phi) is 7.86. The Bertz CT molecular complexity index is 1150. The molecule has 0 bridgehead atoms. The number of hydrogen-bond donors (Lipinski definition) is 3. The second-order valence-electron chi connectivity index (χ2n) is 10.1. The number of rotatable bonds is 9. The van der Waals surface area contributed by atoms with Crippen LogP contribution in [0.15, 0.2) is 24.3 Å². The molecular formula is C26H36N6O4. The molecule has 4 N–H and O–H groups in total. The third kappa shape index (κ3) is 6.30. The van der Waals surface area contributed by atoms with Gasteiger partial charge in [-0.15, -0.1) is 0 Å². The van der Waals surface area contributed by atoms with Crippen LogP contribution in [0.1, 0.15) is 68.0 Å². The molecule has 10 nitrogen and oxygen atoms in total. The van der Waals surface area contributed by atoms with Gasteiger partial charge in [-0.3, -0.25) is 14.5 Å². The van der Waals surface area contributed by atoms with Gasteiger partial charge in [0.25, 0.3) is 5.91 Å². The van der Waals surface area contributed by atoms with Crippen LogP contribution in [0.2, 0.25) is 0 Å². The van der Waals surface area contributed by atoms with Crippen molar-refractivity contribution in [2.45, 2.75) is 71.4 Å². The van der Waals surface area contributed by atoms with Crippen LogP contribution in [0.4, 0.5) is 16.3 Å². The molecule has 0 spiro atoms. The number of ether oxygens (including phenoxy) is 1. The minimum atomic E-state index is -0.849. The van der Waals surface area contributed by atoms with E-state index in [1.165, 1.54) is 4.90 Å². The van der Waals surface area contributed by atoms with Gasteiger partial charge in [-0.25, -0.2) is 14.8 Å². The number of likely N-dealkylation sites (N-methyl/N-ethyl adjacent to an activating group) is 1. The first-order chi connectivity index (χ1) is 16.9. The Balaban J connectivity index is 1.62. The van der Waals surface area contributed by atoms with Crippen LogP contribution in [0.25, 0.3) is 0 Å². The number of benzene rings is 1. The molecule has 3 amide bonds. The molecule has 1 fully saturated rings. The zero-order valence-corrected chi connectivity index (χ0v) is 21.9.